The van der Waals surface area contributed by atoms with Gasteiger partial charge in [-0.2, -0.15) is 0 Å². The summed E-state index contributed by atoms with van der Waals surface area (Å²) in [6, 6.07) is 6.86. The second-order valence-corrected chi connectivity index (χ2v) is 7.27. The molecule has 1 aromatic heterocycles. The maximum atomic E-state index is 5.68. The third-order valence-corrected chi connectivity index (χ3v) is 5.78. The molecule has 126 valence electrons. The highest BCUT2D eigenvalue weighted by molar-refractivity contribution is 5.91. The van der Waals surface area contributed by atoms with E-state index >= 15 is 0 Å². The number of allylic oxidation sites excluding steroid dienone is 1. The van der Waals surface area contributed by atoms with Crippen molar-refractivity contribution >= 4 is 22.7 Å². The molecule has 0 amide bonds. The summed E-state index contributed by atoms with van der Waals surface area (Å²) in [5.41, 5.74) is 6.78. The van der Waals surface area contributed by atoms with E-state index in [9.17, 15) is 0 Å². The summed E-state index contributed by atoms with van der Waals surface area (Å²) in [4.78, 5) is 0. The van der Waals surface area contributed by atoms with Crippen molar-refractivity contribution in [2.24, 2.45) is 7.05 Å². The highest BCUT2D eigenvalue weighted by atomic mass is 16.5. The molecule has 0 N–H and O–H groups in total. The second kappa shape index (κ2) is 6.16. The molecule has 2 aliphatic carbocycles. The Labute approximate surface area is 144 Å². The van der Waals surface area contributed by atoms with Gasteiger partial charge in [-0.3, -0.25) is 0 Å². The van der Waals surface area contributed by atoms with Gasteiger partial charge in [0.1, 0.15) is 5.76 Å². The molecule has 2 fully saturated rings. The first-order valence-electron chi connectivity index (χ1n) is 9.25. The average molecular weight is 321 g/mol. The van der Waals surface area contributed by atoms with Gasteiger partial charge < -0.3 is 9.30 Å². The van der Waals surface area contributed by atoms with Gasteiger partial charge in [0.25, 0.3) is 0 Å². The van der Waals surface area contributed by atoms with E-state index in [0.29, 0.717) is 5.92 Å². The summed E-state index contributed by atoms with van der Waals surface area (Å²) in [5.74, 6) is 1.77. The fourth-order valence-electron chi connectivity index (χ4n) is 4.45. The van der Waals surface area contributed by atoms with Crippen molar-refractivity contribution in [1.82, 2.24) is 4.57 Å². The first-order valence-corrected chi connectivity index (χ1v) is 9.25. The largest absolute Gasteiger partial charge is 0.496 e. The van der Waals surface area contributed by atoms with Crippen molar-refractivity contribution in [3.63, 3.8) is 0 Å². The molecule has 4 rings (SSSR count). The Morgan fingerprint density at radius 3 is 2.58 bits per heavy atom. The molecular formula is C22H27NO. The summed E-state index contributed by atoms with van der Waals surface area (Å²) in [6.45, 7) is 4.10. The summed E-state index contributed by atoms with van der Waals surface area (Å²) in [6.07, 6.45) is 11.1. The van der Waals surface area contributed by atoms with E-state index < -0.39 is 0 Å². The Hall–Kier alpha value is -1.96. The molecule has 2 heteroatoms. The minimum Gasteiger partial charge on any atom is -0.496 e. The molecule has 0 aliphatic heterocycles. The van der Waals surface area contributed by atoms with Crippen LogP contribution in [0.25, 0.3) is 22.7 Å². The van der Waals surface area contributed by atoms with Crippen molar-refractivity contribution in [3.05, 3.63) is 47.2 Å². The number of aromatic nitrogens is 1. The molecule has 0 bridgehead atoms. The zero-order chi connectivity index (χ0) is 16.7. The number of methoxy groups -OCH3 is 1. The Kier molecular flexibility index (Phi) is 3.99. The molecule has 0 radical (unpaired) electrons. The van der Waals surface area contributed by atoms with Gasteiger partial charge >= 0.3 is 0 Å². The molecule has 0 atom stereocenters. The Morgan fingerprint density at radius 2 is 1.96 bits per heavy atom. The van der Waals surface area contributed by atoms with Gasteiger partial charge in [-0.15, -0.1) is 0 Å². The number of aryl methyl sites for hydroxylation is 1. The van der Waals surface area contributed by atoms with E-state index in [1.54, 1.807) is 7.11 Å². The third kappa shape index (κ3) is 2.49. The molecular weight excluding hydrogens is 294 g/mol. The van der Waals surface area contributed by atoms with Crippen LogP contribution in [0.2, 0.25) is 0 Å². The van der Waals surface area contributed by atoms with Crippen LogP contribution in [0.1, 0.15) is 67.7 Å². The monoisotopic (exact) mass is 321 g/mol. The lowest BCUT2D eigenvalue weighted by Crippen LogP contribution is -2.06. The highest BCUT2D eigenvalue weighted by Crippen LogP contribution is 2.42. The van der Waals surface area contributed by atoms with Gasteiger partial charge in [0.05, 0.1) is 7.11 Å². The molecule has 1 heterocycles. The minimum atomic E-state index is 0.685. The summed E-state index contributed by atoms with van der Waals surface area (Å²) >= 11 is 0. The van der Waals surface area contributed by atoms with E-state index in [2.05, 4.69) is 36.4 Å². The SMILES string of the molecule is C=Cc1c(C2CCCCC2)c2ccc(C(OC)=C3CC3)cc2n1C. The van der Waals surface area contributed by atoms with Crippen LogP contribution in [-0.2, 0) is 11.8 Å². The Balaban J connectivity index is 1.87. The van der Waals surface area contributed by atoms with Gasteiger partial charge in [0, 0.05) is 29.2 Å². The number of fused-ring (bicyclic) bond motifs is 1. The molecule has 2 aromatic rings. The normalized spacial score (nSPS) is 18.0. The molecule has 0 unspecified atom stereocenters. The Bertz CT molecular complexity index is 812. The zero-order valence-electron chi connectivity index (χ0n) is 14.9. The number of ether oxygens (including phenoxy) is 1. The quantitative estimate of drug-likeness (QED) is 0.628. The van der Waals surface area contributed by atoms with E-state index in [1.165, 1.54) is 78.2 Å². The fourth-order valence-corrected chi connectivity index (χ4v) is 4.45. The molecule has 2 saturated carbocycles. The van der Waals surface area contributed by atoms with Crippen molar-refractivity contribution < 1.29 is 4.74 Å². The maximum absolute atomic E-state index is 5.68. The van der Waals surface area contributed by atoms with E-state index in [1.807, 2.05) is 6.08 Å². The summed E-state index contributed by atoms with van der Waals surface area (Å²) < 4.78 is 8.00. The fraction of sp³-hybridized carbons (Fsp3) is 0.455. The maximum Gasteiger partial charge on any atom is 0.125 e. The first kappa shape index (κ1) is 15.6. The number of nitrogens with zero attached hydrogens (tertiary/aromatic N) is 1. The van der Waals surface area contributed by atoms with Crippen LogP contribution >= 0.6 is 0 Å². The van der Waals surface area contributed by atoms with Crippen molar-refractivity contribution in [2.45, 2.75) is 50.9 Å². The van der Waals surface area contributed by atoms with E-state index in [0.717, 1.165) is 5.76 Å². The van der Waals surface area contributed by atoms with Crippen LogP contribution in [0.15, 0.2) is 30.4 Å². The van der Waals surface area contributed by atoms with Crippen molar-refractivity contribution in [1.29, 1.82) is 0 Å². The lowest BCUT2D eigenvalue weighted by molar-refractivity contribution is 0.368. The van der Waals surface area contributed by atoms with E-state index in [4.69, 9.17) is 4.74 Å². The van der Waals surface area contributed by atoms with Gasteiger partial charge in [-0.25, -0.2) is 0 Å². The average Bonchev–Trinajstić information content (AvgIpc) is 3.41. The molecule has 1 aromatic carbocycles. The van der Waals surface area contributed by atoms with Crippen LogP contribution in [-0.4, -0.2) is 11.7 Å². The van der Waals surface area contributed by atoms with Crippen molar-refractivity contribution in [3.8, 4) is 0 Å². The standard InChI is InChI=1S/C22H27NO/c1-4-19-21(15-8-6-5-7-9-15)18-13-12-17(14-20(18)23(19)2)22(24-3)16-10-11-16/h4,12-15H,1,5-11H2,2-3H3. The molecule has 2 aliphatic rings. The molecule has 2 nitrogen and oxygen atoms in total. The third-order valence-electron chi connectivity index (χ3n) is 5.78. The van der Waals surface area contributed by atoms with Crippen LogP contribution in [0, 0.1) is 0 Å². The van der Waals surface area contributed by atoms with Crippen molar-refractivity contribution in [2.75, 3.05) is 7.11 Å². The van der Waals surface area contributed by atoms with Crippen LogP contribution in [0.4, 0.5) is 0 Å². The highest BCUT2D eigenvalue weighted by Gasteiger charge is 2.25. The second-order valence-electron chi connectivity index (χ2n) is 7.27. The van der Waals surface area contributed by atoms with Crippen LogP contribution < -0.4 is 0 Å². The van der Waals surface area contributed by atoms with Gasteiger partial charge in [0.2, 0.25) is 0 Å². The molecule has 0 saturated heterocycles. The predicted octanol–water partition coefficient (Wildman–Crippen LogP) is 6.02. The number of hydrogen-bond donors (Lipinski definition) is 0. The van der Waals surface area contributed by atoms with Crippen LogP contribution in [0.5, 0.6) is 0 Å². The lowest BCUT2D eigenvalue weighted by Gasteiger charge is -2.22. The first-order chi connectivity index (χ1) is 11.7. The lowest BCUT2D eigenvalue weighted by atomic mass is 9.82. The minimum absolute atomic E-state index is 0.685. The van der Waals surface area contributed by atoms with Crippen LogP contribution in [0.3, 0.4) is 0 Å². The number of benzene rings is 1. The molecule has 24 heavy (non-hydrogen) atoms. The number of hydrogen-bond acceptors (Lipinski definition) is 1. The summed E-state index contributed by atoms with van der Waals surface area (Å²) in [7, 11) is 3.96. The molecule has 0 spiro atoms. The van der Waals surface area contributed by atoms with Gasteiger partial charge in [0.15, 0.2) is 0 Å². The topological polar surface area (TPSA) is 14.2 Å². The zero-order valence-corrected chi connectivity index (χ0v) is 14.9. The van der Waals surface area contributed by atoms with Gasteiger partial charge in [-0.1, -0.05) is 38.0 Å². The summed E-state index contributed by atoms with van der Waals surface area (Å²) in [5, 5.41) is 1.40. The Morgan fingerprint density at radius 1 is 1.21 bits per heavy atom. The smallest absolute Gasteiger partial charge is 0.125 e. The predicted molar refractivity (Wildman–Crippen MR) is 102 cm³/mol. The van der Waals surface area contributed by atoms with E-state index in [-0.39, 0.29) is 0 Å². The number of rotatable bonds is 4. The van der Waals surface area contributed by atoms with Gasteiger partial charge in [-0.05, 0) is 54.9 Å².